The lowest BCUT2D eigenvalue weighted by atomic mass is 9.97. The van der Waals surface area contributed by atoms with Gasteiger partial charge in [0.15, 0.2) is 5.13 Å². The number of piperidine rings is 1. The second-order valence-corrected chi connectivity index (χ2v) is 11.1. The van der Waals surface area contributed by atoms with Crippen LogP contribution in [0.3, 0.4) is 0 Å². The van der Waals surface area contributed by atoms with E-state index in [1.54, 1.807) is 37.4 Å². The van der Waals surface area contributed by atoms with Crippen LogP contribution in [0, 0.1) is 5.92 Å². The third-order valence-electron chi connectivity index (χ3n) is 6.07. The van der Waals surface area contributed by atoms with Crippen LogP contribution in [0.1, 0.15) is 19.8 Å². The highest BCUT2D eigenvalue weighted by molar-refractivity contribution is 7.89. The van der Waals surface area contributed by atoms with Crippen molar-refractivity contribution in [2.24, 2.45) is 5.92 Å². The van der Waals surface area contributed by atoms with Gasteiger partial charge >= 0.3 is 0 Å². The number of nitrogens with zero attached hydrogens (tertiary/aromatic N) is 2. The van der Waals surface area contributed by atoms with E-state index in [4.69, 9.17) is 9.47 Å². The predicted octanol–water partition coefficient (Wildman–Crippen LogP) is 4.30. The lowest BCUT2D eigenvalue weighted by molar-refractivity contribution is -0.120. The fourth-order valence-electron chi connectivity index (χ4n) is 4.10. The maximum Gasteiger partial charge on any atom is 0.243 e. The topological polar surface area (TPSA) is 110 Å². The van der Waals surface area contributed by atoms with Gasteiger partial charge in [-0.25, -0.2) is 13.4 Å². The minimum atomic E-state index is -3.63. The Morgan fingerprint density at radius 1 is 1.17 bits per heavy atom. The minimum Gasteiger partial charge on any atom is -0.495 e. The molecule has 0 radical (unpaired) electrons. The largest absolute Gasteiger partial charge is 0.495 e. The number of aromatic nitrogens is 1. The normalized spacial score (nSPS) is 14.9. The third-order valence-corrected chi connectivity index (χ3v) is 8.84. The van der Waals surface area contributed by atoms with Gasteiger partial charge in [-0.1, -0.05) is 0 Å². The van der Waals surface area contributed by atoms with Gasteiger partial charge in [-0.2, -0.15) is 4.31 Å². The van der Waals surface area contributed by atoms with Crippen LogP contribution in [-0.4, -0.2) is 57.5 Å². The average Bonchev–Trinajstić information content (AvgIpc) is 3.39. The van der Waals surface area contributed by atoms with Crippen LogP contribution in [-0.2, 0) is 14.8 Å². The number of thiazole rings is 1. The van der Waals surface area contributed by atoms with E-state index in [1.807, 2.05) is 31.5 Å². The number of carbonyl (C=O) groups is 1. The van der Waals surface area contributed by atoms with Crippen LogP contribution in [0.15, 0.2) is 52.7 Å². The molecule has 0 bridgehead atoms. The first kappa shape index (κ1) is 25.9. The van der Waals surface area contributed by atoms with Gasteiger partial charge in [0.2, 0.25) is 15.9 Å². The highest BCUT2D eigenvalue weighted by atomic mass is 32.2. The molecular weight excluding hydrogens is 500 g/mol. The molecule has 1 aliphatic heterocycles. The number of hydrogen-bond acceptors (Lipinski definition) is 8. The molecule has 1 aliphatic rings. The standard InChI is InChI=1S/C25H30N4O5S2/c1-4-34-19-6-8-20(9-7-19)36(31,32)29-13-11-17(12-14-29)24(30)27-21-15-18(5-10-23(21)33-3)22-16-35-25(26-2)28-22/h5-10,15-17H,4,11-14H2,1-3H3,(H,26,28)(H,27,30). The molecule has 192 valence electrons. The van der Waals surface area contributed by atoms with E-state index in [2.05, 4.69) is 15.6 Å². The van der Waals surface area contributed by atoms with E-state index in [0.717, 1.165) is 16.4 Å². The molecule has 4 rings (SSSR count). The smallest absolute Gasteiger partial charge is 0.243 e. The van der Waals surface area contributed by atoms with Gasteiger partial charge in [-0.15, -0.1) is 11.3 Å². The van der Waals surface area contributed by atoms with Crippen molar-refractivity contribution in [3.63, 3.8) is 0 Å². The highest BCUT2D eigenvalue weighted by Crippen LogP contribution is 2.33. The van der Waals surface area contributed by atoms with E-state index in [9.17, 15) is 13.2 Å². The molecule has 2 N–H and O–H groups in total. The lowest BCUT2D eigenvalue weighted by Crippen LogP contribution is -2.41. The van der Waals surface area contributed by atoms with Gasteiger partial charge in [0.05, 0.1) is 30.0 Å². The van der Waals surface area contributed by atoms with Crippen LogP contribution in [0.2, 0.25) is 0 Å². The zero-order chi connectivity index (χ0) is 25.7. The first-order chi connectivity index (χ1) is 17.3. The summed E-state index contributed by atoms with van der Waals surface area (Å²) in [5.74, 6) is 0.716. The molecule has 0 spiro atoms. The van der Waals surface area contributed by atoms with Crippen molar-refractivity contribution < 1.29 is 22.7 Å². The maximum atomic E-state index is 13.1. The molecule has 2 aromatic carbocycles. The molecule has 3 aromatic rings. The minimum absolute atomic E-state index is 0.155. The Hall–Kier alpha value is -3.15. The Balaban J connectivity index is 1.41. The number of rotatable bonds is 9. The van der Waals surface area contributed by atoms with E-state index in [-0.39, 0.29) is 29.8 Å². The Morgan fingerprint density at radius 2 is 1.89 bits per heavy atom. The molecule has 0 aliphatic carbocycles. The first-order valence-electron chi connectivity index (χ1n) is 11.7. The Labute approximate surface area is 215 Å². The zero-order valence-corrected chi connectivity index (χ0v) is 22.1. The van der Waals surface area contributed by atoms with E-state index in [1.165, 1.54) is 15.6 Å². The lowest BCUT2D eigenvalue weighted by Gasteiger charge is -2.30. The number of anilines is 2. The van der Waals surface area contributed by atoms with Crippen molar-refractivity contribution >= 4 is 38.1 Å². The Kier molecular flexibility index (Phi) is 8.12. The number of benzene rings is 2. The number of amides is 1. The SMILES string of the molecule is CCOc1ccc(S(=O)(=O)N2CCC(C(=O)Nc3cc(-c4csc(NC)n4)ccc3OC)CC2)cc1. The number of sulfonamides is 1. The summed E-state index contributed by atoms with van der Waals surface area (Å²) in [7, 11) is -0.265. The van der Waals surface area contributed by atoms with Crippen molar-refractivity contribution in [2.45, 2.75) is 24.7 Å². The second kappa shape index (κ2) is 11.3. The molecule has 0 atom stereocenters. The molecular formula is C25H30N4O5S2. The quantitative estimate of drug-likeness (QED) is 0.424. The number of nitrogens with one attached hydrogen (secondary N) is 2. The molecule has 0 saturated carbocycles. The summed E-state index contributed by atoms with van der Waals surface area (Å²) in [6.07, 6.45) is 0.865. The van der Waals surface area contributed by atoms with Crippen LogP contribution < -0.4 is 20.1 Å². The molecule has 9 nitrogen and oxygen atoms in total. The summed E-state index contributed by atoms with van der Waals surface area (Å²) >= 11 is 1.50. The van der Waals surface area contributed by atoms with Gasteiger partial charge in [-0.3, -0.25) is 4.79 Å². The maximum absolute atomic E-state index is 13.1. The molecule has 1 amide bonds. The van der Waals surface area contributed by atoms with Crippen molar-refractivity contribution in [1.82, 2.24) is 9.29 Å². The summed E-state index contributed by atoms with van der Waals surface area (Å²) in [6, 6.07) is 12.0. The zero-order valence-electron chi connectivity index (χ0n) is 20.5. The van der Waals surface area contributed by atoms with E-state index >= 15 is 0 Å². The predicted molar refractivity (Wildman–Crippen MR) is 141 cm³/mol. The van der Waals surface area contributed by atoms with Crippen molar-refractivity contribution in [3.05, 3.63) is 47.8 Å². The van der Waals surface area contributed by atoms with Gasteiger partial charge in [-0.05, 0) is 62.2 Å². The Bertz CT molecular complexity index is 1300. The monoisotopic (exact) mass is 530 g/mol. The molecule has 1 aromatic heterocycles. The van der Waals surface area contributed by atoms with Crippen molar-refractivity contribution in [1.29, 1.82) is 0 Å². The summed E-state index contributed by atoms with van der Waals surface area (Å²) in [5, 5.41) is 8.75. The van der Waals surface area contributed by atoms with Gasteiger partial charge < -0.3 is 20.1 Å². The number of carbonyl (C=O) groups excluding carboxylic acids is 1. The summed E-state index contributed by atoms with van der Waals surface area (Å²) in [4.78, 5) is 17.8. The van der Waals surface area contributed by atoms with Crippen molar-refractivity contribution in [2.75, 3.05) is 44.5 Å². The molecule has 2 heterocycles. The van der Waals surface area contributed by atoms with Gasteiger partial charge in [0.25, 0.3) is 0 Å². The fourth-order valence-corrected chi connectivity index (χ4v) is 6.25. The van der Waals surface area contributed by atoms with E-state index < -0.39 is 10.0 Å². The fraction of sp³-hybridized carbons (Fsp3) is 0.360. The van der Waals surface area contributed by atoms with Gasteiger partial charge in [0, 0.05) is 37.0 Å². The molecule has 0 unspecified atom stereocenters. The first-order valence-corrected chi connectivity index (χ1v) is 14.0. The highest BCUT2D eigenvalue weighted by Gasteiger charge is 2.32. The van der Waals surface area contributed by atoms with Crippen LogP contribution in [0.5, 0.6) is 11.5 Å². The summed E-state index contributed by atoms with van der Waals surface area (Å²) < 4.78 is 38.4. The van der Waals surface area contributed by atoms with Gasteiger partial charge in [0.1, 0.15) is 11.5 Å². The molecule has 36 heavy (non-hydrogen) atoms. The molecule has 1 saturated heterocycles. The summed E-state index contributed by atoms with van der Waals surface area (Å²) in [6.45, 7) is 2.94. The van der Waals surface area contributed by atoms with Crippen LogP contribution >= 0.6 is 11.3 Å². The Morgan fingerprint density at radius 3 is 2.50 bits per heavy atom. The molecule has 1 fully saturated rings. The number of hydrogen-bond donors (Lipinski definition) is 2. The summed E-state index contributed by atoms with van der Waals surface area (Å²) in [5.41, 5.74) is 2.22. The van der Waals surface area contributed by atoms with Crippen LogP contribution in [0.25, 0.3) is 11.3 Å². The van der Waals surface area contributed by atoms with E-state index in [0.29, 0.717) is 36.6 Å². The van der Waals surface area contributed by atoms with Crippen LogP contribution in [0.4, 0.5) is 10.8 Å². The number of methoxy groups -OCH3 is 1. The average molecular weight is 531 g/mol. The van der Waals surface area contributed by atoms with Crippen molar-refractivity contribution in [3.8, 4) is 22.8 Å². The number of ether oxygens (including phenoxy) is 2. The third kappa shape index (κ3) is 5.63. The second-order valence-electron chi connectivity index (χ2n) is 8.27. The molecule has 11 heteroatoms.